The molecule has 2 aliphatic rings. The molecule has 2 nitrogen and oxygen atoms in total. The molecule has 18 rings (SSSR count). The number of para-hydroxylation sites is 2. The first-order valence-electron chi connectivity index (χ1n) is 30.8. The lowest BCUT2D eigenvalue weighted by Crippen LogP contribution is -2.72. The van der Waals surface area contributed by atoms with E-state index in [-0.39, 0.29) is 5.41 Å². The van der Waals surface area contributed by atoms with E-state index in [9.17, 15) is 0 Å². The minimum atomic E-state index is -2.67. The smallest absolute Gasteiger partial charge is 0.180 e. The summed E-state index contributed by atoms with van der Waals surface area (Å²) in [4.78, 5) is 2.49. The Balaban J connectivity index is 0.776. The van der Waals surface area contributed by atoms with Gasteiger partial charge in [0.1, 0.15) is 0 Å². The third-order valence-electron chi connectivity index (χ3n) is 19.8. The van der Waals surface area contributed by atoms with Crippen molar-refractivity contribution in [3.63, 3.8) is 0 Å². The van der Waals surface area contributed by atoms with Crippen molar-refractivity contribution >= 4 is 111 Å². The summed E-state index contributed by atoms with van der Waals surface area (Å²) in [6.45, 7) is 4.86. The molecule has 0 radical (unpaired) electrons. The number of hydrogen-bond acceptors (Lipinski definition) is 1. The summed E-state index contributed by atoms with van der Waals surface area (Å²) in [5.41, 5.74) is 19.4. The lowest BCUT2D eigenvalue weighted by Gasteiger charge is -2.42. The second-order valence-corrected chi connectivity index (χ2v) is 28.4. The van der Waals surface area contributed by atoms with E-state index in [1.54, 1.807) is 0 Å². The van der Waals surface area contributed by atoms with Crippen LogP contribution in [0.25, 0.3) is 115 Å². The van der Waals surface area contributed by atoms with Crippen molar-refractivity contribution in [1.82, 2.24) is 4.57 Å². The summed E-state index contributed by atoms with van der Waals surface area (Å²) in [6, 6.07) is 119. The lowest BCUT2D eigenvalue weighted by molar-refractivity contribution is 0.632. The van der Waals surface area contributed by atoms with Gasteiger partial charge in [-0.15, -0.1) is 0 Å². The number of fused-ring (bicyclic) bond motifs is 12. The Morgan fingerprint density at radius 2 is 0.807 bits per heavy atom. The Morgan fingerprint density at radius 3 is 1.51 bits per heavy atom. The molecule has 2 aliphatic heterocycles. The minimum Gasteiger partial charge on any atom is -0.310 e. The SMILES string of the molecule is CC1(C)c2cc(-c3ccc4c(c3)c3ccccc3n4-c3ccc4cc5c(cc4c3)[Si](c3ccccc3)(c3ccccc3)c3ccccc3-5)ccc2N(c2ccccc2)c2ccc(-c3c4ccccc4c(-c4cccc5ccccc45)c4ccccc34)cc21. The molecule has 16 aromatic rings. The summed E-state index contributed by atoms with van der Waals surface area (Å²) < 4.78 is 2.49. The van der Waals surface area contributed by atoms with Crippen LogP contribution in [0.4, 0.5) is 17.1 Å². The molecule has 0 spiro atoms. The molecule has 0 atom stereocenters. The van der Waals surface area contributed by atoms with Gasteiger partial charge in [-0.3, -0.25) is 0 Å². The van der Waals surface area contributed by atoms with Crippen molar-refractivity contribution in [2.75, 3.05) is 4.90 Å². The molecule has 88 heavy (non-hydrogen) atoms. The summed E-state index contributed by atoms with van der Waals surface area (Å²) >= 11 is 0. The van der Waals surface area contributed by atoms with Gasteiger partial charge in [0.15, 0.2) is 8.07 Å². The third-order valence-corrected chi connectivity index (χ3v) is 24.6. The van der Waals surface area contributed by atoms with Crippen molar-refractivity contribution in [2.45, 2.75) is 19.3 Å². The summed E-state index contributed by atoms with van der Waals surface area (Å²) in [5.74, 6) is 0. The monoisotopic (exact) mass is 1130 g/mol. The highest BCUT2D eigenvalue weighted by Gasteiger charge is 2.49. The van der Waals surface area contributed by atoms with E-state index >= 15 is 0 Å². The van der Waals surface area contributed by atoms with Gasteiger partial charge in [-0.2, -0.15) is 0 Å². The van der Waals surface area contributed by atoms with Gasteiger partial charge in [-0.05, 0) is 192 Å². The van der Waals surface area contributed by atoms with E-state index < -0.39 is 8.07 Å². The molecule has 0 N–H and O–H groups in total. The van der Waals surface area contributed by atoms with Crippen LogP contribution in [0.2, 0.25) is 0 Å². The standard InChI is InChI=1S/C85H58N2Si/c1-85(2)75-52-58(43-47-79(75)86(61-25-6-3-7-26-61)80-48-44-59(53-76(80)85)83-69-34-14-16-36-71(69)84(72-37-17-15-35-70(72)83)68-38-22-24-55-23-12-13-31-65(55)68)56-42-46-78-73(50-56)66-32-18-20-39-77(66)87(78)62-45-41-57-51-74-67-33-19-21-40-81(67)88(63-27-8-4-9-28-63,64-29-10-5-11-30-64)82(74)54-60(57)49-62/h3-54H,1-2H3. The van der Waals surface area contributed by atoms with E-state index in [2.05, 4.69) is 339 Å². The zero-order chi connectivity index (χ0) is 58.2. The molecule has 0 saturated carbocycles. The number of aromatic nitrogens is 1. The third kappa shape index (κ3) is 7.29. The molecule has 3 heterocycles. The van der Waals surface area contributed by atoms with Crippen LogP contribution < -0.4 is 25.6 Å². The molecule has 0 saturated heterocycles. The summed E-state index contributed by atoms with van der Waals surface area (Å²) in [6.07, 6.45) is 0. The number of benzene rings is 15. The summed E-state index contributed by atoms with van der Waals surface area (Å²) in [5, 5.41) is 18.2. The maximum atomic E-state index is 2.55. The highest BCUT2D eigenvalue weighted by Crippen LogP contribution is 2.55. The highest BCUT2D eigenvalue weighted by atomic mass is 28.3. The number of nitrogens with zero attached hydrogens (tertiary/aromatic N) is 2. The van der Waals surface area contributed by atoms with Gasteiger partial charge in [0.2, 0.25) is 0 Å². The second-order valence-electron chi connectivity index (χ2n) is 24.7. The molecule has 0 aliphatic carbocycles. The van der Waals surface area contributed by atoms with Gasteiger partial charge < -0.3 is 9.47 Å². The van der Waals surface area contributed by atoms with E-state index in [1.165, 1.54) is 153 Å². The predicted molar refractivity (Wildman–Crippen MR) is 377 cm³/mol. The predicted octanol–water partition coefficient (Wildman–Crippen LogP) is 19.9. The van der Waals surface area contributed by atoms with Gasteiger partial charge >= 0.3 is 0 Å². The van der Waals surface area contributed by atoms with Gasteiger partial charge in [-0.25, -0.2) is 0 Å². The van der Waals surface area contributed by atoms with Crippen molar-refractivity contribution in [2.24, 2.45) is 0 Å². The van der Waals surface area contributed by atoms with E-state index in [4.69, 9.17) is 0 Å². The molecular formula is C85H58N2Si. The number of rotatable bonds is 7. The fourth-order valence-electron chi connectivity index (χ4n) is 15.8. The van der Waals surface area contributed by atoms with Crippen molar-refractivity contribution < 1.29 is 0 Å². The molecule has 0 unspecified atom stereocenters. The second kappa shape index (κ2) is 19.3. The largest absolute Gasteiger partial charge is 0.310 e. The first-order valence-corrected chi connectivity index (χ1v) is 32.8. The number of hydrogen-bond donors (Lipinski definition) is 0. The molecule has 15 aromatic carbocycles. The van der Waals surface area contributed by atoms with E-state index in [0.717, 1.165) is 11.4 Å². The maximum absolute atomic E-state index is 2.67. The average molecular weight is 1140 g/mol. The molecule has 0 fully saturated rings. The Labute approximate surface area is 513 Å². The topological polar surface area (TPSA) is 8.17 Å². The van der Waals surface area contributed by atoms with Crippen LogP contribution in [0.1, 0.15) is 25.0 Å². The molecule has 0 amide bonds. The van der Waals surface area contributed by atoms with Crippen molar-refractivity contribution in [3.05, 3.63) is 327 Å². The molecule has 412 valence electrons. The van der Waals surface area contributed by atoms with E-state index in [1.807, 2.05) is 0 Å². The number of anilines is 3. The van der Waals surface area contributed by atoms with Crippen molar-refractivity contribution in [3.8, 4) is 50.2 Å². The minimum absolute atomic E-state index is 0.375. The molecule has 3 heteroatoms. The fourth-order valence-corrected chi connectivity index (χ4v) is 21.0. The van der Waals surface area contributed by atoms with Gasteiger partial charge in [0.05, 0.1) is 22.4 Å². The molecule has 1 aromatic heterocycles. The van der Waals surface area contributed by atoms with Crippen LogP contribution in [0.15, 0.2) is 315 Å². The van der Waals surface area contributed by atoms with Gasteiger partial charge in [0, 0.05) is 27.6 Å². The first kappa shape index (κ1) is 50.5. The Kier molecular flexibility index (Phi) is 11.1. The van der Waals surface area contributed by atoms with Crippen LogP contribution in [0.5, 0.6) is 0 Å². The van der Waals surface area contributed by atoms with Crippen molar-refractivity contribution in [1.29, 1.82) is 0 Å². The Bertz CT molecular complexity index is 5440. The lowest BCUT2D eigenvalue weighted by atomic mass is 9.72. The summed E-state index contributed by atoms with van der Waals surface area (Å²) in [7, 11) is -2.67. The Morgan fingerprint density at radius 1 is 0.284 bits per heavy atom. The fraction of sp³-hybridized carbons (Fsp3) is 0.0353. The van der Waals surface area contributed by atoms with Gasteiger partial charge in [-0.1, -0.05) is 257 Å². The van der Waals surface area contributed by atoms with Gasteiger partial charge in [0.25, 0.3) is 0 Å². The average Bonchev–Trinajstić information content (AvgIpc) is 1.56. The van der Waals surface area contributed by atoms with Crippen LogP contribution in [0, 0.1) is 0 Å². The normalized spacial score (nSPS) is 13.7. The van der Waals surface area contributed by atoms with Crippen LogP contribution in [-0.2, 0) is 5.41 Å². The Hall–Kier alpha value is -10.8. The van der Waals surface area contributed by atoms with Crippen LogP contribution in [0.3, 0.4) is 0 Å². The highest BCUT2D eigenvalue weighted by molar-refractivity contribution is 7.22. The van der Waals surface area contributed by atoms with E-state index in [0.29, 0.717) is 0 Å². The first-order chi connectivity index (χ1) is 43.4. The zero-order valence-electron chi connectivity index (χ0n) is 48.9. The molecule has 0 bridgehead atoms. The van der Waals surface area contributed by atoms with Crippen LogP contribution >= 0.6 is 0 Å². The zero-order valence-corrected chi connectivity index (χ0v) is 49.9. The maximum Gasteiger partial charge on any atom is 0.180 e. The van der Waals surface area contributed by atoms with Crippen LogP contribution in [-0.4, -0.2) is 12.6 Å². The molecular weight excluding hydrogens is 1080 g/mol. The quantitative estimate of drug-likeness (QED) is 0.114.